The number of aliphatic hydroxyl groups excluding tert-OH is 1. The highest BCUT2D eigenvalue weighted by molar-refractivity contribution is 7.90. The number of aromatic amines is 1. The van der Waals surface area contributed by atoms with Crippen LogP contribution in [0.1, 0.15) is 81.0 Å². The molecule has 0 spiro atoms. The molecular weight excluding hydrogens is 840 g/mol. The van der Waals surface area contributed by atoms with Gasteiger partial charge in [0.1, 0.15) is 23.7 Å². The molecular formula is C45H44F3N7O7S. The van der Waals surface area contributed by atoms with Crippen LogP contribution in [0.5, 0.6) is 0 Å². The van der Waals surface area contributed by atoms with E-state index in [9.17, 15) is 37.1 Å². The Bertz CT molecular complexity index is 2760. The van der Waals surface area contributed by atoms with E-state index in [1.165, 1.54) is 6.20 Å². The van der Waals surface area contributed by atoms with Crippen molar-refractivity contribution in [2.75, 3.05) is 37.4 Å². The van der Waals surface area contributed by atoms with E-state index in [1.807, 2.05) is 41.1 Å². The number of rotatable bonds is 12. The zero-order valence-electron chi connectivity index (χ0n) is 34.0. The second kappa shape index (κ2) is 17.0. The fourth-order valence-electron chi connectivity index (χ4n) is 9.20. The normalized spacial score (nSPS) is 20.6. The first-order valence-corrected chi connectivity index (χ1v) is 22.4. The molecule has 0 aliphatic carbocycles. The number of anilines is 1. The molecule has 9 rings (SSSR count). The summed E-state index contributed by atoms with van der Waals surface area (Å²) in [6, 6.07) is 16.1. The highest BCUT2D eigenvalue weighted by atomic mass is 32.2. The summed E-state index contributed by atoms with van der Waals surface area (Å²) in [6.45, 7) is 1.91. The Hall–Kier alpha value is -5.95. The van der Waals surface area contributed by atoms with Gasteiger partial charge in [0, 0.05) is 67.1 Å². The summed E-state index contributed by atoms with van der Waals surface area (Å²) < 4.78 is 72.9. The zero-order valence-corrected chi connectivity index (χ0v) is 34.8. The second-order valence-electron chi connectivity index (χ2n) is 16.7. The van der Waals surface area contributed by atoms with Gasteiger partial charge >= 0.3 is 10.2 Å². The number of benzene rings is 3. The Kier molecular flexibility index (Phi) is 11.4. The van der Waals surface area contributed by atoms with E-state index >= 15 is 8.78 Å². The van der Waals surface area contributed by atoms with Crippen molar-refractivity contribution < 1.29 is 45.9 Å². The van der Waals surface area contributed by atoms with Crippen LogP contribution < -0.4 is 10.0 Å². The third-order valence-electron chi connectivity index (χ3n) is 12.6. The lowest BCUT2D eigenvalue weighted by atomic mass is 9.87. The van der Waals surface area contributed by atoms with Crippen molar-refractivity contribution in [1.29, 1.82) is 0 Å². The van der Waals surface area contributed by atoms with Gasteiger partial charge in [-0.15, -0.1) is 0 Å². The van der Waals surface area contributed by atoms with E-state index in [0.717, 1.165) is 64.6 Å². The van der Waals surface area contributed by atoms with Crippen LogP contribution in [0.25, 0.3) is 22.2 Å². The summed E-state index contributed by atoms with van der Waals surface area (Å²) in [5.41, 5.74) is 3.50. The lowest BCUT2D eigenvalue weighted by Crippen LogP contribution is -2.52. The summed E-state index contributed by atoms with van der Waals surface area (Å²) in [6.07, 6.45) is 3.60. The molecule has 5 aromatic rings. The van der Waals surface area contributed by atoms with Crippen molar-refractivity contribution in [2.45, 2.75) is 69.3 Å². The van der Waals surface area contributed by atoms with Crippen LogP contribution in [0.3, 0.4) is 0 Å². The molecule has 0 saturated carbocycles. The van der Waals surface area contributed by atoms with Crippen LogP contribution >= 0.6 is 0 Å². The Balaban J connectivity index is 0.805. The Morgan fingerprint density at radius 2 is 1.73 bits per heavy atom. The average molecular weight is 884 g/mol. The fourth-order valence-corrected chi connectivity index (χ4v) is 10.5. The zero-order chi connectivity index (χ0) is 44.2. The summed E-state index contributed by atoms with van der Waals surface area (Å²) in [4.78, 5) is 62.0. The van der Waals surface area contributed by atoms with Crippen molar-refractivity contribution >= 4 is 50.4 Å². The summed E-state index contributed by atoms with van der Waals surface area (Å²) in [5, 5.41) is 13.7. The van der Waals surface area contributed by atoms with Crippen molar-refractivity contribution in [2.24, 2.45) is 0 Å². The number of nitrogens with one attached hydrogen (secondary N) is 3. The van der Waals surface area contributed by atoms with Crippen molar-refractivity contribution in [3.8, 4) is 11.1 Å². The van der Waals surface area contributed by atoms with Gasteiger partial charge in [0.15, 0.2) is 5.82 Å². The van der Waals surface area contributed by atoms with Crippen LogP contribution in [0.2, 0.25) is 0 Å². The third-order valence-corrected chi connectivity index (χ3v) is 14.1. The van der Waals surface area contributed by atoms with Gasteiger partial charge in [-0.1, -0.05) is 36.4 Å². The highest BCUT2D eigenvalue weighted by Gasteiger charge is 2.40. The molecule has 328 valence electrons. The number of fused-ring (bicyclic) bond motifs is 2. The van der Waals surface area contributed by atoms with E-state index in [4.69, 9.17) is 0 Å². The standard InChI is InChI=1S/C45H44F3N7O7S/c46-31-13-16-54(23-31)63(61,62)52-37-8-7-36(47)40(41(37)48)42(58)35-21-50-43-34(35)19-29(20-49-43)26-3-1-25(2-4-26)17-32(56)24-53-14-11-27(12-15-53)28-5-6-33-30(18-28)22-55(45(33)60)38-9-10-39(57)51-44(38)59/h1-8,18-21,27,31-32,38,52,56H,9-17,22-24H2,(H,49,50)(H,51,57,59)/t31-,32+,38?/m1/s1. The first kappa shape index (κ1) is 42.4. The minimum absolute atomic E-state index is 0.00758. The number of ketones is 1. The molecule has 18 heteroatoms. The molecule has 3 amide bonds. The molecule has 1 unspecified atom stereocenters. The number of H-pyrrole nitrogens is 1. The van der Waals surface area contributed by atoms with Crippen molar-refractivity contribution in [3.63, 3.8) is 0 Å². The second-order valence-corrected chi connectivity index (χ2v) is 18.4. The summed E-state index contributed by atoms with van der Waals surface area (Å²) in [7, 11) is -4.37. The molecule has 3 fully saturated rings. The number of amides is 3. The molecule has 3 saturated heterocycles. The van der Waals surface area contributed by atoms with Crippen LogP contribution in [-0.4, -0.2) is 112 Å². The van der Waals surface area contributed by atoms with Crippen molar-refractivity contribution in [1.82, 2.24) is 29.4 Å². The van der Waals surface area contributed by atoms with Crippen LogP contribution in [-0.2, 0) is 32.8 Å². The lowest BCUT2D eigenvalue weighted by Gasteiger charge is -2.33. The smallest absolute Gasteiger partial charge is 0.301 e. The molecule has 2 aromatic heterocycles. The first-order valence-electron chi connectivity index (χ1n) is 20.9. The highest BCUT2D eigenvalue weighted by Crippen LogP contribution is 2.35. The van der Waals surface area contributed by atoms with Crippen LogP contribution in [0.15, 0.2) is 73.1 Å². The molecule has 14 nitrogen and oxygen atoms in total. The maximum Gasteiger partial charge on any atom is 0.301 e. The number of carbonyl (C=O) groups excluding carboxylic acids is 4. The molecule has 63 heavy (non-hydrogen) atoms. The number of pyridine rings is 1. The molecule has 4 aliphatic rings. The predicted molar refractivity (Wildman–Crippen MR) is 226 cm³/mol. The van der Waals surface area contributed by atoms with Crippen molar-refractivity contribution in [3.05, 3.63) is 118 Å². The lowest BCUT2D eigenvalue weighted by molar-refractivity contribution is -0.136. The van der Waals surface area contributed by atoms with Gasteiger partial charge in [0.05, 0.1) is 17.4 Å². The summed E-state index contributed by atoms with van der Waals surface area (Å²) >= 11 is 0. The Labute approximate surface area is 360 Å². The molecule has 3 aromatic carbocycles. The third kappa shape index (κ3) is 8.47. The molecule has 0 radical (unpaired) electrons. The number of piperidine rings is 2. The number of imide groups is 1. The number of aliphatic hydroxyl groups is 1. The van der Waals surface area contributed by atoms with Gasteiger partial charge < -0.3 is 19.9 Å². The van der Waals surface area contributed by atoms with Gasteiger partial charge in [-0.05, 0) is 97.6 Å². The maximum absolute atomic E-state index is 15.7. The number of β-amino-alcohol motifs (C(OH)–C–C–N with tert-alkyl or cyclic N) is 1. The van der Waals surface area contributed by atoms with Gasteiger partial charge in [0.2, 0.25) is 17.6 Å². The predicted octanol–water partition coefficient (Wildman–Crippen LogP) is 4.98. The number of aromatic nitrogens is 2. The summed E-state index contributed by atoms with van der Waals surface area (Å²) in [5.74, 6) is -4.27. The average Bonchev–Trinajstić information content (AvgIpc) is 3.99. The molecule has 0 bridgehead atoms. The molecule has 4 N–H and O–H groups in total. The van der Waals surface area contributed by atoms with E-state index in [-0.39, 0.29) is 36.8 Å². The minimum atomic E-state index is -4.37. The maximum atomic E-state index is 15.7. The van der Waals surface area contributed by atoms with Gasteiger partial charge in [-0.3, -0.25) is 29.2 Å². The molecule has 3 atom stereocenters. The molecule has 4 aliphatic heterocycles. The van der Waals surface area contributed by atoms with E-state index < -0.39 is 69.6 Å². The Morgan fingerprint density at radius 3 is 2.46 bits per heavy atom. The molecule has 6 heterocycles. The van der Waals surface area contributed by atoms with Gasteiger partial charge in [-0.25, -0.2) is 18.2 Å². The van der Waals surface area contributed by atoms with Crippen LogP contribution in [0.4, 0.5) is 18.9 Å². The quantitative estimate of drug-likeness (QED) is 0.0991. The number of carbonyl (C=O) groups is 4. The SMILES string of the molecule is O=C1CCC(N2Cc3cc(C4CCN(C[C@@H](O)Cc5ccc(-c6cnc7[nH]cc(C(=O)c8c(F)ccc(NS(=O)(=O)N9CC[C@@H](F)C9)c8F)c7c6)cc5)CC4)ccc3C2=O)C(=O)N1. The van der Waals surface area contributed by atoms with E-state index in [0.29, 0.717) is 54.0 Å². The van der Waals surface area contributed by atoms with Crippen LogP contribution in [0, 0.1) is 11.6 Å². The number of halogens is 3. The van der Waals surface area contributed by atoms with Gasteiger partial charge in [-0.2, -0.15) is 12.7 Å². The number of hydrogen-bond acceptors (Lipinski definition) is 9. The monoisotopic (exact) mass is 883 g/mol. The van der Waals surface area contributed by atoms with E-state index in [1.54, 1.807) is 17.2 Å². The number of likely N-dealkylation sites (tertiary alicyclic amines) is 1. The van der Waals surface area contributed by atoms with E-state index in [2.05, 4.69) is 26.3 Å². The largest absolute Gasteiger partial charge is 0.391 e. The number of nitrogens with zero attached hydrogens (tertiary/aromatic N) is 4. The fraction of sp³-hybridized carbons (Fsp3) is 0.356. The number of hydrogen-bond donors (Lipinski definition) is 4. The Morgan fingerprint density at radius 1 is 0.952 bits per heavy atom. The minimum Gasteiger partial charge on any atom is -0.391 e. The first-order chi connectivity index (χ1) is 30.2. The van der Waals surface area contributed by atoms with Gasteiger partial charge in [0.25, 0.3) is 5.91 Å². The number of alkyl halides is 1. The topological polar surface area (TPSA) is 185 Å².